The first kappa shape index (κ1) is 29.2. The molecular weight excluding hydrogens is 554 g/mol. The fraction of sp³-hybridized carbons (Fsp3) is 0.367. The molecule has 0 saturated carbocycles. The van der Waals surface area contributed by atoms with Crippen molar-refractivity contribution >= 4 is 21.9 Å². The number of hydrogen-bond acceptors (Lipinski definition) is 8. The predicted octanol–water partition coefficient (Wildman–Crippen LogP) is 4.53. The molecule has 1 N–H and O–H groups in total. The average Bonchev–Trinajstić information content (AvgIpc) is 3.31. The van der Waals surface area contributed by atoms with E-state index in [1.165, 1.54) is 17.8 Å². The molecule has 1 aliphatic rings. The van der Waals surface area contributed by atoms with Crippen molar-refractivity contribution in [1.29, 1.82) is 0 Å². The number of anilines is 1. The number of fused-ring (bicyclic) bond motifs is 4. The quantitative estimate of drug-likeness (QED) is 0.367. The van der Waals surface area contributed by atoms with E-state index < -0.39 is 22.0 Å². The molecular formula is C30H35N7O4S. The summed E-state index contributed by atoms with van der Waals surface area (Å²) in [7, 11) is -2.74. The lowest BCUT2D eigenvalue weighted by Crippen LogP contribution is -2.45. The van der Waals surface area contributed by atoms with Gasteiger partial charge in [-0.3, -0.25) is 14.5 Å². The molecule has 1 aliphatic heterocycles. The Kier molecular flexibility index (Phi) is 7.76. The third-order valence-electron chi connectivity index (χ3n) is 7.03. The van der Waals surface area contributed by atoms with Gasteiger partial charge in [-0.2, -0.15) is 18.5 Å². The Bertz CT molecular complexity index is 1710. The molecule has 0 fully saturated rings. The van der Waals surface area contributed by atoms with Gasteiger partial charge in [0, 0.05) is 30.9 Å². The van der Waals surface area contributed by atoms with E-state index >= 15 is 0 Å². The van der Waals surface area contributed by atoms with Gasteiger partial charge in [-0.25, -0.2) is 9.71 Å². The maximum Gasteiger partial charge on any atom is 0.281 e. The third-order valence-corrected chi connectivity index (χ3v) is 8.41. The molecule has 5 rings (SSSR count). The van der Waals surface area contributed by atoms with Crippen LogP contribution in [-0.2, 0) is 23.6 Å². The zero-order valence-corrected chi connectivity index (χ0v) is 25.4. The second-order valence-corrected chi connectivity index (χ2v) is 13.4. The highest BCUT2D eigenvalue weighted by atomic mass is 32.2. The Morgan fingerprint density at radius 2 is 1.76 bits per heavy atom. The highest BCUT2D eigenvalue weighted by molar-refractivity contribution is 7.92. The van der Waals surface area contributed by atoms with E-state index in [1.807, 2.05) is 50.2 Å². The zero-order valence-electron chi connectivity index (χ0n) is 24.6. The van der Waals surface area contributed by atoms with Gasteiger partial charge < -0.3 is 9.64 Å². The summed E-state index contributed by atoms with van der Waals surface area (Å²) in [4.78, 5) is 29.1. The Morgan fingerprint density at radius 3 is 2.43 bits per heavy atom. The van der Waals surface area contributed by atoms with Crippen molar-refractivity contribution in [2.45, 2.75) is 58.7 Å². The van der Waals surface area contributed by atoms with Crippen LogP contribution in [0.3, 0.4) is 0 Å². The lowest BCUT2D eigenvalue weighted by molar-refractivity contribution is 0.0503. The van der Waals surface area contributed by atoms with Crippen LogP contribution in [0.15, 0.2) is 59.8 Å². The van der Waals surface area contributed by atoms with Gasteiger partial charge in [0.15, 0.2) is 10.7 Å². The van der Waals surface area contributed by atoms with Crippen molar-refractivity contribution in [2.75, 3.05) is 11.3 Å². The van der Waals surface area contributed by atoms with Crippen LogP contribution < -0.4 is 9.46 Å². The minimum atomic E-state index is -4.22. The van der Waals surface area contributed by atoms with Crippen molar-refractivity contribution in [1.82, 2.24) is 29.6 Å². The second kappa shape index (κ2) is 11.2. The molecule has 42 heavy (non-hydrogen) atoms. The SMILES string of the molecule is Cc1cccc(C)c1-c1cc2nc(n1)NS(=O)(=O)c1cc(nn1C)C(=O)N(Cc1ccccn1)[C@H](CC(C)(C)C)CO2. The monoisotopic (exact) mass is 589 g/mol. The molecule has 3 aromatic heterocycles. The summed E-state index contributed by atoms with van der Waals surface area (Å²) in [5.41, 5.74) is 3.82. The predicted molar refractivity (Wildman–Crippen MR) is 158 cm³/mol. The summed E-state index contributed by atoms with van der Waals surface area (Å²) in [5, 5.41) is 4.11. The van der Waals surface area contributed by atoms with E-state index in [-0.39, 0.29) is 41.1 Å². The van der Waals surface area contributed by atoms with Crippen molar-refractivity contribution in [2.24, 2.45) is 12.5 Å². The molecule has 0 aliphatic carbocycles. The molecule has 4 heterocycles. The van der Waals surface area contributed by atoms with Gasteiger partial charge in [0.05, 0.1) is 24.0 Å². The van der Waals surface area contributed by atoms with Crippen molar-refractivity contribution in [3.63, 3.8) is 0 Å². The zero-order chi connectivity index (χ0) is 30.2. The molecule has 12 heteroatoms. The Hall–Kier alpha value is -4.32. The van der Waals surface area contributed by atoms with Gasteiger partial charge in [-0.1, -0.05) is 45.0 Å². The molecule has 11 nitrogen and oxygen atoms in total. The van der Waals surface area contributed by atoms with Crippen LogP contribution in [0.5, 0.6) is 5.88 Å². The summed E-state index contributed by atoms with van der Waals surface area (Å²) in [6.45, 7) is 10.5. The van der Waals surface area contributed by atoms with Gasteiger partial charge in [0.1, 0.15) is 6.61 Å². The minimum absolute atomic E-state index is 0.00388. The lowest BCUT2D eigenvalue weighted by atomic mass is 9.87. The van der Waals surface area contributed by atoms with Crippen LogP contribution in [-0.4, -0.2) is 56.6 Å². The van der Waals surface area contributed by atoms with Gasteiger partial charge in [-0.15, -0.1) is 0 Å². The molecule has 0 unspecified atom stereocenters. The fourth-order valence-corrected chi connectivity index (χ4v) is 6.29. The summed E-state index contributed by atoms with van der Waals surface area (Å²) in [6, 6.07) is 14.0. The van der Waals surface area contributed by atoms with Gasteiger partial charge in [0.2, 0.25) is 11.8 Å². The average molecular weight is 590 g/mol. The number of pyridine rings is 1. The summed E-state index contributed by atoms with van der Waals surface area (Å²) < 4.78 is 37.0. The smallest absolute Gasteiger partial charge is 0.281 e. The van der Waals surface area contributed by atoms with E-state index in [2.05, 4.69) is 45.5 Å². The number of benzene rings is 1. The highest BCUT2D eigenvalue weighted by Gasteiger charge is 2.33. The van der Waals surface area contributed by atoms with E-state index in [9.17, 15) is 13.2 Å². The van der Waals surface area contributed by atoms with E-state index in [4.69, 9.17) is 4.74 Å². The Labute approximate surface area is 246 Å². The number of carbonyl (C=O) groups is 1. The number of aromatic nitrogens is 5. The molecule has 220 valence electrons. The van der Waals surface area contributed by atoms with Crippen LogP contribution >= 0.6 is 0 Å². The minimum Gasteiger partial charge on any atom is -0.475 e. The first-order valence-corrected chi connectivity index (χ1v) is 15.2. The fourth-order valence-electron chi connectivity index (χ4n) is 5.20. The molecule has 0 spiro atoms. The number of amides is 1. The number of carbonyl (C=O) groups excluding carboxylic acids is 1. The van der Waals surface area contributed by atoms with Gasteiger partial charge in [0.25, 0.3) is 15.9 Å². The van der Waals surface area contributed by atoms with E-state index in [0.717, 1.165) is 16.7 Å². The number of nitrogens with one attached hydrogen (secondary N) is 1. The van der Waals surface area contributed by atoms with Gasteiger partial charge in [-0.05, 0) is 48.9 Å². The summed E-state index contributed by atoms with van der Waals surface area (Å²) in [5.74, 6) is -0.381. The molecule has 1 amide bonds. The van der Waals surface area contributed by atoms with E-state index in [0.29, 0.717) is 17.8 Å². The first-order chi connectivity index (χ1) is 19.8. The number of hydrogen-bond donors (Lipinski definition) is 1. The van der Waals surface area contributed by atoms with Crippen LogP contribution in [0.25, 0.3) is 11.3 Å². The molecule has 1 aromatic carbocycles. The Balaban J connectivity index is 1.68. The molecule has 0 radical (unpaired) electrons. The summed E-state index contributed by atoms with van der Waals surface area (Å²) >= 11 is 0. The van der Waals surface area contributed by atoms with Crippen molar-refractivity contribution < 1.29 is 17.9 Å². The van der Waals surface area contributed by atoms with Crippen LogP contribution in [0.1, 0.15) is 54.5 Å². The maximum absolute atomic E-state index is 14.1. The van der Waals surface area contributed by atoms with Crippen LogP contribution in [0, 0.1) is 19.3 Å². The normalized spacial score (nSPS) is 17.0. The van der Waals surface area contributed by atoms with Crippen molar-refractivity contribution in [3.05, 3.63) is 77.2 Å². The number of nitrogens with zero attached hydrogens (tertiary/aromatic N) is 6. The number of aryl methyl sites for hydroxylation is 3. The number of rotatable bonds is 4. The standard InChI is InChI=1S/C30H35N7O4S/c1-19-10-9-11-20(2)27(19)23-14-25-33-29(32-23)35-42(39,40)26-15-24(34-36(26)6)28(38)37(17-21-12-7-8-13-31-21)22(18-41-25)16-30(3,4)5/h7-15,22H,16-18H2,1-6H3,(H,32,33,35)/t22-/m1/s1. The number of sulfonamides is 1. The van der Waals surface area contributed by atoms with Crippen LogP contribution in [0.4, 0.5) is 5.95 Å². The largest absolute Gasteiger partial charge is 0.475 e. The molecule has 4 aromatic rings. The summed E-state index contributed by atoms with van der Waals surface area (Å²) in [6.07, 6.45) is 2.26. The van der Waals surface area contributed by atoms with Gasteiger partial charge >= 0.3 is 0 Å². The van der Waals surface area contributed by atoms with Crippen molar-refractivity contribution in [3.8, 4) is 17.1 Å². The molecule has 1 atom stereocenters. The van der Waals surface area contributed by atoms with Crippen LogP contribution in [0.2, 0.25) is 0 Å². The maximum atomic E-state index is 14.1. The molecule has 4 bridgehead atoms. The number of ether oxygens (including phenoxy) is 1. The molecule has 0 saturated heterocycles. The topological polar surface area (TPSA) is 132 Å². The lowest BCUT2D eigenvalue weighted by Gasteiger charge is -2.35. The Morgan fingerprint density at radius 1 is 1.02 bits per heavy atom. The third kappa shape index (κ3) is 6.28. The second-order valence-electron chi connectivity index (χ2n) is 11.8. The first-order valence-electron chi connectivity index (χ1n) is 13.7. The van der Waals surface area contributed by atoms with E-state index in [1.54, 1.807) is 17.2 Å². The highest BCUT2D eigenvalue weighted by Crippen LogP contribution is 2.31.